The van der Waals surface area contributed by atoms with Gasteiger partial charge >= 0.3 is 5.97 Å². The maximum Gasteiger partial charge on any atom is 0.310 e. The van der Waals surface area contributed by atoms with Gasteiger partial charge in [-0.15, -0.1) is 0 Å². The third kappa shape index (κ3) is 13.0. The first-order valence-electron chi connectivity index (χ1n) is 4.21. The van der Waals surface area contributed by atoms with Crippen molar-refractivity contribution < 1.29 is 14.3 Å². The summed E-state index contributed by atoms with van der Waals surface area (Å²) >= 11 is 0. The fourth-order valence-electron chi connectivity index (χ4n) is 0.439. The van der Waals surface area contributed by atoms with Crippen LogP contribution < -0.4 is 0 Å². The van der Waals surface area contributed by atoms with Crippen molar-refractivity contribution in [3.05, 3.63) is 38.2 Å². The molecule has 78 valence electrons. The van der Waals surface area contributed by atoms with Crippen LogP contribution in [0.25, 0.3) is 0 Å². The van der Waals surface area contributed by atoms with Crippen molar-refractivity contribution in [2.45, 2.75) is 19.8 Å². The van der Waals surface area contributed by atoms with Crippen LogP contribution in [-0.2, 0) is 14.3 Å². The highest BCUT2D eigenvalue weighted by molar-refractivity contribution is 5.98. The molecule has 0 bridgehead atoms. The number of hydrogen-bond donors (Lipinski definition) is 0. The number of esters is 1. The number of ketones is 1. The molecule has 0 aromatic heterocycles. The van der Waals surface area contributed by atoms with Crippen molar-refractivity contribution in [2.24, 2.45) is 0 Å². The van der Waals surface area contributed by atoms with Gasteiger partial charge in [0.15, 0.2) is 5.78 Å². The molecule has 0 unspecified atom stereocenters. The Hall–Kier alpha value is -1.64. The van der Waals surface area contributed by atoms with Gasteiger partial charge in [0.2, 0.25) is 0 Å². The second kappa shape index (κ2) is 11.4. The standard InChI is InChI=1S/C6H10O2.C5H6O/c1-3-5-6(7)8-4-2;1-3-5(6)4-2/h4H,2-3,5H2,1H3;3-4H,1-2H2. The summed E-state index contributed by atoms with van der Waals surface area (Å²) in [6.07, 6.45) is 4.89. The largest absolute Gasteiger partial charge is 0.435 e. The minimum Gasteiger partial charge on any atom is -0.435 e. The fourth-order valence-corrected chi connectivity index (χ4v) is 0.439. The van der Waals surface area contributed by atoms with Crippen LogP contribution in [-0.4, -0.2) is 11.8 Å². The van der Waals surface area contributed by atoms with Crippen molar-refractivity contribution in [3.63, 3.8) is 0 Å². The third-order valence-corrected chi connectivity index (χ3v) is 1.07. The lowest BCUT2D eigenvalue weighted by Crippen LogP contribution is -1.96. The summed E-state index contributed by atoms with van der Waals surface area (Å²) in [5.74, 6) is -0.336. The van der Waals surface area contributed by atoms with Crippen LogP contribution >= 0.6 is 0 Å². The average molecular weight is 196 g/mol. The van der Waals surface area contributed by atoms with E-state index in [0.717, 1.165) is 12.7 Å². The Bertz CT molecular complexity index is 207. The molecule has 0 N–H and O–H groups in total. The van der Waals surface area contributed by atoms with E-state index in [1.54, 1.807) is 0 Å². The highest BCUT2D eigenvalue weighted by atomic mass is 16.5. The Labute approximate surface area is 84.8 Å². The van der Waals surface area contributed by atoms with E-state index in [0.29, 0.717) is 6.42 Å². The normalized spacial score (nSPS) is 7.50. The van der Waals surface area contributed by atoms with E-state index in [1.165, 1.54) is 12.2 Å². The molecule has 3 nitrogen and oxygen atoms in total. The van der Waals surface area contributed by atoms with Crippen molar-refractivity contribution in [3.8, 4) is 0 Å². The van der Waals surface area contributed by atoms with Gasteiger partial charge in [-0.1, -0.05) is 26.7 Å². The number of carbonyl (C=O) groups excluding carboxylic acids is 2. The molecule has 0 rings (SSSR count). The second-order valence-corrected chi connectivity index (χ2v) is 2.22. The molecule has 0 aliphatic heterocycles. The Morgan fingerprint density at radius 3 is 1.93 bits per heavy atom. The van der Waals surface area contributed by atoms with E-state index in [-0.39, 0.29) is 11.8 Å². The zero-order valence-electron chi connectivity index (χ0n) is 8.49. The van der Waals surface area contributed by atoms with Crippen LogP contribution in [0.1, 0.15) is 19.8 Å². The zero-order chi connectivity index (χ0) is 11.4. The molecule has 0 saturated heterocycles. The molecule has 0 aliphatic carbocycles. The molecule has 0 radical (unpaired) electrons. The van der Waals surface area contributed by atoms with Crippen molar-refractivity contribution in [1.29, 1.82) is 0 Å². The predicted molar refractivity (Wildman–Crippen MR) is 56.6 cm³/mol. The summed E-state index contributed by atoms with van der Waals surface area (Å²) in [6, 6.07) is 0. The minimum atomic E-state index is -0.206. The molecule has 0 spiro atoms. The summed E-state index contributed by atoms with van der Waals surface area (Å²) in [6.45, 7) is 11.6. The summed E-state index contributed by atoms with van der Waals surface area (Å²) < 4.78 is 4.41. The molecular formula is C11H16O3. The van der Waals surface area contributed by atoms with Gasteiger partial charge in [-0.3, -0.25) is 9.59 Å². The minimum absolute atomic E-state index is 0.130. The smallest absolute Gasteiger partial charge is 0.310 e. The second-order valence-electron chi connectivity index (χ2n) is 2.22. The van der Waals surface area contributed by atoms with Gasteiger partial charge in [0.1, 0.15) is 0 Å². The third-order valence-electron chi connectivity index (χ3n) is 1.07. The van der Waals surface area contributed by atoms with Gasteiger partial charge in [0, 0.05) is 6.42 Å². The molecule has 0 heterocycles. The van der Waals surface area contributed by atoms with Crippen LogP contribution in [0.2, 0.25) is 0 Å². The van der Waals surface area contributed by atoms with Crippen LogP contribution in [0, 0.1) is 0 Å². The number of carbonyl (C=O) groups is 2. The number of allylic oxidation sites excluding steroid dienone is 2. The van der Waals surface area contributed by atoms with Gasteiger partial charge in [0.05, 0.1) is 6.26 Å². The lowest BCUT2D eigenvalue weighted by Gasteiger charge is -1.92. The first-order valence-corrected chi connectivity index (χ1v) is 4.21. The highest BCUT2D eigenvalue weighted by Gasteiger charge is 1.94. The molecule has 14 heavy (non-hydrogen) atoms. The van der Waals surface area contributed by atoms with E-state index < -0.39 is 0 Å². The quantitative estimate of drug-likeness (QED) is 0.385. The lowest BCUT2D eigenvalue weighted by molar-refractivity contribution is -0.138. The first kappa shape index (κ1) is 14.9. The average Bonchev–Trinajstić information content (AvgIpc) is 2.18. The Morgan fingerprint density at radius 1 is 1.21 bits per heavy atom. The Balaban J connectivity index is 0. The molecule has 0 aromatic rings. The number of hydrogen-bond acceptors (Lipinski definition) is 3. The van der Waals surface area contributed by atoms with Gasteiger partial charge in [-0.25, -0.2) is 0 Å². The molecule has 0 fully saturated rings. The zero-order valence-corrected chi connectivity index (χ0v) is 8.49. The first-order chi connectivity index (χ1) is 6.62. The summed E-state index contributed by atoms with van der Waals surface area (Å²) in [4.78, 5) is 20.3. The van der Waals surface area contributed by atoms with E-state index >= 15 is 0 Å². The molecule has 0 saturated carbocycles. The SMILES string of the molecule is C=CC(=O)C=C.C=COC(=O)CCC. The maximum absolute atomic E-state index is 10.3. The van der Waals surface area contributed by atoms with E-state index in [1.807, 2.05) is 6.92 Å². The van der Waals surface area contributed by atoms with Gasteiger partial charge in [0.25, 0.3) is 0 Å². The van der Waals surface area contributed by atoms with Gasteiger partial charge < -0.3 is 4.74 Å². The maximum atomic E-state index is 10.3. The predicted octanol–water partition coefficient (Wildman–Crippen LogP) is 2.40. The Morgan fingerprint density at radius 2 is 1.71 bits per heavy atom. The van der Waals surface area contributed by atoms with Gasteiger partial charge in [-0.05, 0) is 18.6 Å². The van der Waals surface area contributed by atoms with E-state index in [2.05, 4.69) is 24.5 Å². The van der Waals surface area contributed by atoms with Crippen molar-refractivity contribution in [1.82, 2.24) is 0 Å². The molecule has 0 amide bonds. The van der Waals surface area contributed by atoms with Crippen molar-refractivity contribution >= 4 is 11.8 Å². The highest BCUT2D eigenvalue weighted by Crippen LogP contribution is 1.89. The lowest BCUT2D eigenvalue weighted by atomic mass is 10.3. The number of rotatable bonds is 5. The summed E-state index contributed by atoms with van der Waals surface area (Å²) in [7, 11) is 0. The summed E-state index contributed by atoms with van der Waals surface area (Å²) in [5, 5.41) is 0. The molecule has 0 aromatic carbocycles. The molecule has 0 atom stereocenters. The summed E-state index contributed by atoms with van der Waals surface area (Å²) in [5.41, 5.74) is 0. The van der Waals surface area contributed by atoms with E-state index in [9.17, 15) is 9.59 Å². The van der Waals surface area contributed by atoms with Crippen molar-refractivity contribution in [2.75, 3.05) is 0 Å². The van der Waals surface area contributed by atoms with Crippen LogP contribution in [0.15, 0.2) is 38.2 Å². The van der Waals surface area contributed by atoms with Crippen LogP contribution in [0.4, 0.5) is 0 Å². The fraction of sp³-hybridized carbons (Fsp3) is 0.273. The molecular weight excluding hydrogens is 180 g/mol. The number of ether oxygens (including phenoxy) is 1. The van der Waals surface area contributed by atoms with Crippen LogP contribution in [0.3, 0.4) is 0 Å². The van der Waals surface area contributed by atoms with Gasteiger partial charge in [-0.2, -0.15) is 0 Å². The molecule has 3 heteroatoms. The monoisotopic (exact) mass is 196 g/mol. The topological polar surface area (TPSA) is 43.4 Å². The van der Waals surface area contributed by atoms with E-state index in [4.69, 9.17) is 0 Å². The Kier molecular flexibility index (Phi) is 12.1. The molecule has 0 aliphatic rings. The van der Waals surface area contributed by atoms with Crippen LogP contribution in [0.5, 0.6) is 0 Å².